The molecule has 0 atom stereocenters. The zero-order chi connectivity index (χ0) is 9.42. The Kier molecular flexibility index (Phi) is 2.04. The Labute approximate surface area is 82.2 Å². The summed E-state index contributed by atoms with van der Waals surface area (Å²) in [4.78, 5) is 5.61. The van der Waals surface area contributed by atoms with Gasteiger partial charge in [-0.2, -0.15) is 0 Å². The van der Waals surface area contributed by atoms with Gasteiger partial charge in [-0.05, 0) is 31.0 Å². The number of benzene rings is 1. The second-order valence-electron chi connectivity index (χ2n) is 3.25. The fourth-order valence-corrected chi connectivity index (χ4v) is 2.37. The van der Waals surface area contributed by atoms with Crippen molar-refractivity contribution in [1.82, 2.24) is 0 Å². The second-order valence-corrected chi connectivity index (χ2v) is 4.23. The molecule has 0 aromatic heterocycles. The van der Waals surface area contributed by atoms with Crippen LogP contribution in [0.4, 0.5) is 5.69 Å². The van der Waals surface area contributed by atoms with E-state index in [0.717, 1.165) is 17.3 Å². The lowest BCUT2D eigenvalue weighted by molar-refractivity contribution is 1.20. The number of aryl methyl sites for hydroxylation is 1. The van der Waals surface area contributed by atoms with Gasteiger partial charge in [0, 0.05) is 4.90 Å². The Bertz CT molecular complexity index is 383. The first-order valence-corrected chi connectivity index (χ1v) is 5.23. The molecule has 0 fully saturated rings. The van der Waals surface area contributed by atoms with Gasteiger partial charge in [-0.1, -0.05) is 6.07 Å². The smallest absolute Gasteiger partial charge is 0.110 e. The Morgan fingerprint density at radius 2 is 2.15 bits per heavy atom. The Morgan fingerprint density at radius 3 is 2.92 bits per heavy atom. The molecule has 2 rings (SSSR count). The van der Waals surface area contributed by atoms with Gasteiger partial charge < -0.3 is 5.73 Å². The molecule has 0 saturated carbocycles. The molecule has 3 heteroatoms. The van der Waals surface area contributed by atoms with Gasteiger partial charge in [-0.3, -0.25) is 0 Å². The molecule has 68 valence electrons. The minimum Gasteiger partial charge on any atom is -0.386 e. The lowest BCUT2D eigenvalue weighted by Gasteiger charge is -2.15. The molecule has 2 nitrogen and oxygen atoms in total. The van der Waals surface area contributed by atoms with Gasteiger partial charge in [0.25, 0.3) is 0 Å². The summed E-state index contributed by atoms with van der Waals surface area (Å²) in [6.45, 7) is 4.26. The number of aliphatic imine (C=N–C) groups is 1. The highest BCUT2D eigenvalue weighted by Gasteiger charge is 2.13. The third-order valence-corrected chi connectivity index (χ3v) is 3.53. The number of nitrogens with two attached hydrogens (primary N) is 1. The summed E-state index contributed by atoms with van der Waals surface area (Å²) in [5.41, 5.74) is 9.35. The van der Waals surface area contributed by atoms with E-state index in [-0.39, 0.29) is 0 Å². The number of hydrogen-bond donors (Lipinski definition) is 1. The number of fused-ring (bicyclic) bond motifs is 1. The molecule has 13 heavy (non-hydrogen) atoms. The first kappa shape index (κ1) is 8.63. The van der Waals surface area contributed by atoms with Crippen LogP contribution in [0.1, 0.15) is 11.1 Å². The molecule has 0 spiro atoms. The highest BCUT2D eigenvalue weighted by molar-refractivity contribution is 8.00. The molecule has 1 aliphatic heterocycles. The summed E-state index contributed by atoms with van der Waals surface area (Å²) < 4.78 is 0. The third kappa shape index (κ3) is 1.44. The molecule has 2 N–H and O–H groups in total. The van der Waals surface area contributed by atoms with Gasteiger partial charge in [-0.15, -0.1) is 11.8 Å². The maximum absolute atomic E-state index is 5.67. The third-order valence-electron chi connectivity index (χ3n) is 2.28. The van der Waals surface area contributed by atoms with E-state index in [0.29, 0.717) is 0 Å². The van der Waals surface area contributed by atoms with E-state index in [9.17, 15) is 0 Å². The van der Waals surface area contributed by atoms with Crippen LogP contribution < -0.4 is 5.73 Å². The predicted molar refractivity (Wildman–Crippen MR) is 57.9 cm³/mol. The van der Waals surface area contributed by atoms with E-state index in [1.54, 1.807) is 11.8 Å². The van der Waals surface area contributed by atoms with Crippen molar-refractivity contribution >= 4 is 23.3 Å². The largest absolute Gasteiger partial charge is 0.386 e. The van der Waals surface area contributed by atoms with Crippen molar-refractivity contribution in [1.29, 1.82) is 0 Å². The maximum Gasteiger partial charge on any atom is 0.110 e. The first-order chi connectivity index (χ1) is 6.18. The van der Waals surface area contributed by atoms with Crippen LogP contribution >= 0.6 is 11.8 Å². The summed E-state index contributed by atoms with van der Waals surface area (Å²) in [7, 11) is 0. The molecule has 1 aliphatic rings. The van der Waals surface area contributed by atoms with Gasteiger partial charge in [0.1, 0.15) is 5.84 Å². The molecule has 0 radical (unpaired) electrons. The standard InChI is InChI=1S/C10H12N2S/c1-6-3-4-8-10(7(6)2)13-5-9(11)12-8/h3-4H,5H2,1-2H3,(H2,11,12). The van der Waals surface area contributed by atoms with E-state index < -0.39 is 0 Å². The molecule has 1 heterocycles. The van der Waals surface area contributed by atoms with Gasteiger partial charge in [0.05, 0.1) is 11.4 Å². The SMILES string of the molecule is Cc1ccc2c(c1C)SCC(N)=N2. The van der Waals surface area contributed by atoms with Crippen LogP contribution in [0, 0.1) is 13.8 Å². The molecular weight excluding hydrogens is 180 g/mol. The summed E-state index contributed by atoms with van der Waals surface area (Å²) in [5.74, 6) is 1.54. The van der Waals surface area contributed by atoms with Crippen LogP contribution in [0.3, 0.4) is 0 Å². The average Bonchev–Trinajstić information content (AvgIpc) is 2.12. The predicted octanol–water partition coefficient (Wildman–Crippen LogP) is 2.40. The van der Waals surface area contributed by atoms with Gasteiger partial charge >= 0.3 is 0 Å². The zero-order valence-electron chi connectivity index (χ0n) is 7.79. The van der Waals surface area contributed by atoms with Crippen molar-refractivity contribution in [3.05, 3.63) is 23.3 Å². The Hall–Kier alpha value is -0.960. The highest BCUT2D eigenvalue weighted by atomic mass is 32.2. The van der Waals surface area contributed by atoms with Crippen LogP contribution in [0.5, 0.6) is 0 Å². The number of rotatable bonds is 0. The normalized spacial score (nSPS) is 15.1. The minimum atomic E-state index is 0.723. The first-order valence-electron chi connectivity index (χ1n) is 4.24. The van der Waals surface area contributed by atoms with Crippen LogP contribution in [0.25, 0.3) is 0 Å². The van der Waals surface area contributed by atoms with Crippen LogP contribution in [-0.4, -0.2) is 11.6 Å². The van der Waals surface area contributed by atoms with Crippen molar-refractivity contribution in [2.45, 2.75) is 18.7 Å². The average molecular weight is 192 g/mol. The lowest BCUT2D eigenvalue weighted by Crippen LogP contribution is -2.16. The van der Waals surface area contributed by atoms with E-state index in [2.05, 4.69) is 24.9 Å². The van der Waals surface area contributed by atoms with Crippen molar-refractivity contribution in [2.24, 2.45) is 10.7 Å². The van der Waals surface area contributed by atoms with Crippen molar-refractivity contribution < 1.29 is 0 Å². The zero-order valence-corrected chi connectivity index (χ0v) is 8.61. The summed E-state index contributed by atoms with van der Waals surface area (Å²) in [6, 6.07) is 4.13. The fraction of sp³-hybridized carbons (Fsp3) is 0.300. The summed E-state index contributed by atoms with van der Waals surface area (Å²) >= 11 is 1.78. The summed E-state index contributed by atoms with van der Waals surface area (Å²) in [6.07, 6.45) is 0. The van der Waals surface area contributed by atoms with E-state index in [4.69, 9.17) is 5.73 Å². The number of hydrogen-bond acceptors (Lipinski definition) is 3. The molecule has 0 bridgehead atoms. The molecule has 1 aromatic rings. The highest BCUT2D eigenvalue weighted by Crippen LogP contribution is 2.36. The van der Waals surface area contributed by atoms with Crippen LogP contribution in [-0.2, 0) is 0 Å². The second kappa shape index (κ2) is 3.07. The van der Waals surface area contributed by atoms with E-state index in [1.807, 2.05) is 6.07 Å². The van der Waals surface area contributed by atoms with E-state index >= 15 is 0 Å². The number of amidine groups is 1. The number of nitrogens with zero attached hydrogens (tertiary/aromatic N) is 1. The molecule has 0 saturated heterocycles. The molecule has 1 aromatic carbocycles. The molecule has 0 aliphatic carbocycles. The maximum atomic E-state index is 5.67. The van der Waals surface area contributed by atoms with Crippen LogP contribution in [0.15, 0.2) is 22.0 Å². The molecular formula is C10H12N2S. The van der Waals surface area contributed by atoms with Crippen molar-refractivity contribution in [3.8, 4) is 0 Å². The van der Waals surface area contributed by atoms with Crippen molar-refractivity contribution in [2.75, 3.05) is 5.75 Å². The minimum absolute atomic E-state index is 0.723. The quantitative estimate of drug-likeness (QED) is 0.685. The lowest BCUT2D eigenvalue weighted by atomic mass is 10.1. The number of thioether (sulfide) groups is 1. The topological polar surface area (TPSA) is 38.4 Å². The molecule has 0 unspecified atom stereocenters. The monoisotopic (exact) mass is 192 g/mol. The van der Waals surface area contributed by atoms with Gasteiger partial charge in [-0.25, -0.2) is 4.99 Å². The van der Waals surface area contributed by atoms with Gasteiger partial charge in [0.15, 0.2) is 0 Å². The Balaban J connectivity index is 2.61. The summed E-state index contributed by atoms with van der Waals surface area (Å²) in [5, 5.41) is 0. The Morgan fingerprint density at radius 1 is 1.38 bits per heavy atom. The van der Waals surface area contributed by atoms with Gasteiger partial charge in [0.2, 0.25) is 0 Å². The van der Waals surface area contributed by atoms with Crippen LogP contribution in [0.2, 0.25) is 0 Å². The van der Waals surface area contributed by atoms with Crippen molar-refractivity contribution in [3.63, 3.8) is 0 Å². The van der Waals surface area contributed by atoms with E-state index in [1.165, 1.54) is 16.0 Å². The molecule has 0 amide bonds. The fourth-order valence-electron chi connectivity index (χ4n) is 1.38.